The van der Waals surface area contributed by atoms with Crippen molar-refractivity contribution in [3.63, 3.8) is 0 Å². The number of hydrogen-bond donors (Lipinski definition) is 1. The average Bonchev–Trinajstić information content (AvgIpc) is 2.35. The summed E-state index contributed by atoms with van der Waals surface area (Å²) < 4.78 is 0. The van der Waals surface area contributed by atoms with Crippen LogP contribution in [0, 0.1) is 11.8 Å². The van der Waals surface area contributed by atoms with E-state index in [0.29, 0.717) is 12.3 Å². The molecule has 0 radical (unpaired) electrons. The van der Waals surface area contributed by atoms with Gasteiger partial charge in [0.2, 0.25) is 5.91 Å². The molecular formula is C13H24N2O. The lowest BCUT2D eigenvalue weighted by atomic mass is 9.75. The number of rotatable bonds is 3. The van der Waals surface area contributed by atoms with Crippen LogP contribution < -0.4 is 5.32 Å². The lowest BCUT2D eigenvalue weighted by Gasteiger charge is -2.41. The van der Waals surface area contributed by atoms with Crippen LogP contribution in [0.4, 0.5) is 0 Å². The van der Waals surface area contributed by atoms with E-state index in [4.69, 9.17) is 0 Å². The Morgan fingerprint density at radius 2 is 2.00 bits per heavy atom. The second kappa shape index (κ2) is 5.67. The van der Waals surface area contributed by atoms with Crippen LogP contribution in [0.2, 0.25) is 0 Å². The van der Waals surface area contributed by atoms with E-state index in [-0.39, 0.29) is 0 Å². The standard InChI is InChI=1S/C13H24N2O/c1-14-8-6-13(16)15-9-7-11-4-2-3-5-12(11)10-15/h11-12,14H,2-10H2,1H3. The molecule has 1 N–H and O–H groups in total. The number of likely N-dealkylation sites (tertiary alicyclic amines) is 1. The molecule has 0 aromatic heterocycles. The van der Waals surface area contributed by atoms with Gasteiger partial charge >= 0.3 is 0 Å². The maximum absolute atomic E-state index is 11.9. The van der Waals surface area contributed by atoms with Crippen LogP contribution in [0.3, 0.4) is 0 Å². The molecule has 2 unspecified atom stereocenters. The highest BCUT2D eigenvalue weighted by molar-refractivity contribution is 5.76. The van der Waals surface area contributed by atoms with Gasteiger partial charge in [0.05, 0.1) is 0 Å². The Bertz CT molecular complexity index is 242. The van der Waals surface area contributed by atoms with Gasteiger partial charge in [0, 0.05) is 26.1 Å². The zero-order valence-corrected chi connectivity index (χ0v) is 10.4. The summed E-state index contributed by atoms with van der Waals surface area (Å²) in [4.78, 5) is 14.0. The quantitative estimate of drug-likeness (QED) is 0.790. The molecular weight excluding hydrogens is 200 g/mol. The third kappa shape index (κ3) is 2.76. The molecule has 16 heavy (non-hydrogen) atoms. The van der Waals surface area contributed by atoms with Gasteiger partial charge in [0.15, 0.2) is 0 Å². The number of amides is 1. The fourth-order valence-corrected chi connectivity index (χ4v) is 3.22. The second-order valence-electron chi connectivity index (χ2n) is 5.29. The molecule has 1 aliphatic carbocycles. The molecule has 3 heteroatoms. The van der Waals surface area contributed by atoms with Crippen molar-refractivity contribution in [2.45, 2.75) is 38.5 Å². The summed E-state index contributed by atoms with van der Waals surface area (Å²) in [5, 5.41) is 3.05. The normalized spacial score (nSPS) is 29.9. The molecule has 0 aromatic carbocycles. The van der Waals surface area contributed by atoms with Crippen molar-refractivity contribution in [2.24, 2.45) is 11.8 Å². The van der Waals surface area contributed by atoms with Crippen molar-refractivity contribution >= 4 is 5.91 Å². The van der Waals surface area contributed by atoms with Gasteiger partial charge < -0.3 is 10.2 Å². The van der Waals surface area contributed by atoms with Crippen molar-refractivity contribution < 1.29 is 4.79 Å². The molecule has 1 amide bonds. The van der Waals surface area contributed by atoms with Crippen molar-refractivity contribution in [3.8, 4) is 0 Å². The minimum atomic E-state index is 0.346. The number of carbonyl (C=O) groups excluding carboxylic acids is 1. The van der Waals surface area contributed by atoms with E-state index in [1.807, 2.05) is 7.05 Å². The molecule has 1 saturated heterocycles. The van der Waals surface area contributed by atoms with Gasteiger partial charge in [0.1, 0.15) is 0 Å². The summed E-state index contributed by atoms with van der Waals surface area (Å²) in [5.74, 6) is 2.07. The lowest BCUT2D eigenvalue weighted by molar-refractivity contribution is -0.134. The van der Waals surface area contributed by atoms with Gasteiger partial charge in [-0.25, -0.2) is 0 Å². The van der Waals surface area contributed by atoms with Crippen LogP contribution in [0.25, 0.3) is 0 Å². The smallest absolute Gasteiger partial charge is 0.223 e. The van der Waals surface area contributed by atoms with Gasteiger partial charge in [-0.15, -0.1) is 0 Å². The highest BCUT2D eigenvalue weighted by Crippen LogP contribution is 2.36. The van der Waals surface area contributed by atoms with E-state index in [2.05, 4.69) is 10.2 Å². The third-order valence-electron chi connectivity index (χ3n) is 4.23. The van der Waals surface area contributed by atoms with Crippen LogP contribution in [-0.4, -0.2) is 37.5 Å². The first-order valence-electron chi connectivity index (χ1n) is 6.73. The molecule has 0 spiro atoms. The first kappa shape index (κ1) is 11.9. The van der Waals surface area contributed by atoms with E-state index < -0.39 is 0 Å². The zero-order valence-electron chi connectivity index (χ0n) is 10.4. The van der Waals surface area contributed by atoms with E-state index in [9.17, 15) is 4.79 Å². The topological polar surface area (TPSA) is 32.3 Å². The van der Waals surface area contributed by atoms with E-state index in [1.54, 1.807) is 0 Å². The minimum Gasteiger partial charge on any atom is -0.342 e. The molecule has 0 aromatic rings. The zero-order chi connectivity index (χ0) is 11.4. The third-order valence-corrected chi connectivity index (χ3v) is 4.23. The second-order valence-corrected chi connectivity index (χ2v) is 5.29. The monoisotopic (exact) mass is 224 g/mol. The Morgan fingerprint density at radius 3 is 2.75 bits per heavy atom. The van der Waals surface area contributed by atoms with Crippen LogP contribution in [-0.2, 0) is 4.79 Å². The number of nitrogens with zero attached hydrogens (tertiary/aromatic N) is 1. The first-order chi connectivity index (χ1) is 7.81. The van der Waals surface area contributed by atoms with Gasteiger partial charge in [-0.3, -0.25) is 4.79 Å². The van der Waals surface area contributed by atoms with Crippen molar-refractivity contribution in [1.82, 2.24) is 10.2 Å². The molecule has 2 fully saturated rings. The van der Waals surface area contributed by atoms with E-state index in [0.717, 1.165) is 31.5 Å². The number of hydrogen-bond acceptors (Lipinski definition) is 2. The number of carbonyl (C=O) groups is 1. The van der Waals surface area contributed by atoms with Gasteiger partial charge in [0.25, 0.3) is 0 Å². The largest absolute Gasteiger partial charge is 0.342 e. The summed E-state index contributed by atoms with van der Waals surface area (Å²) in [6, 6.07) is 0. The Balaban J connectivity index is 1.82. The molecule has 2 aliphatic rings. The van der Waals surface area contributed by atoms with Crippen molar-refractivity contribution in [3.05, 3.63) is 0 Å². The predicted octanol–water partition coefficient (Wildman–Crippen LogP) is 1.63. The Labute approximate surface area is 98.6 Å². The summed E-state index contributed by atoms with van der Waals surface area (Å²) in [5.41, 5.74) is 0. The molecule has 1 aliphatic heterocycles. The summed E-state index contributed by atoms with van der Waals surface area (Å²) in [6.45, 7) is 2.85. The Hall–Kier alpha value is -0.570. The first-order valence-corrected chi connectivity index (χ1v) is 6.73. The maximum Gasteiger partial charge on any atom is 0.223 e. The van der Waals surface area contributed by atoms with Gasteiger partial charge in [-0.1, -0.05) is 19.3 Å². The molecule has 2 rings (SSSR count). The Kier molecular flexibility index (Phi) is 4.22. The SMILES string of the molecule is CNCCC(=O)N1CCC2CCCCC2C1. The Morgan fingerprint density at radius 1 is 1.25 bits per heavy atom. The molecule has 0 bridgehead atoms. The predicted molar refractivity (Wildman–Crippen MR) is 65.2 cm³/mol. The van der Waals surface area contributed by atoms with Crippen LogP contribution >= 0.6 is 0 Å². The van der Waals surface area contributed by atoms with Crippen LogP contribution in [0.15, 0.2) is 0 Å². The van der Waals surface area contributed by atoms with E-state index >= 15 is 0 Å². The summed E-state index contributed by atoms with van der Waals surface area (Å²) in [6.07, 6.45) is 7.45. The average molecular weight is 224 g/mol. The van der Waals surface area contributed by atoms with Crippen LogP contribution in [0.1, 0.15) is 38.5 Å². The number of piperidine rings is 1. The fourth-order valence-electron chi connectivity index (χ4n) is 3.22. The van der Waals surface area contributed by atoms with Crippen LogP contribution in [0.5, 0.6) is 0 Å². The summed E-state index contributed by atoms with van der Waals surface area (Å²) in [7, 11) is 1.90. The van der Waals surface area contributed by atoms with E-state index in [1.165, 1.54) is 32.1 Å². The number of nitrogens with one attached hydrogen (secondary N) is 1. The van der Waals surface area contributed by atoms with Crippen molar-refractivity contribution in [2.75, 3.05) is 26.7 Å². The van der Waals surface area contributed by atoms with Crippen molar-refractivity contribution in [1.29, 1.82) is 0 Å². The number of fused-ring (bicyclic) bond motifs is 1. The minimum absolute atomic E-state index is 0.346. The van der Waals surface area contributed by atoms with Gasteiger partial charge in [-0.05, 0) is 31.7 Å². The fraction of sp³-hybridized carbons (Fsp3) is 0.923. The molecule has 1 saturated carbocycles. The summed E-state index contributed by atoms with van der Waals surface area (Å²) >= 11 is 0. The van der Waals surface area contributed by atoms with Gasteiger partial charge in [-0.2, -0.15) is 0 Å². The molecule has 2 atom stereocenters. The molecule has 3 nitrogen and oxygen atoms in total. The molecule has 1 heterocycles. The highest BCUT2D eigenvalue weighted by Gasteiger charge is 2.32. The maximum atomic E-state index is 11.9. The lowest BCUT2D eigenvalue weighted by Crippen LogP contribution is -2.45. The molecule has 92 valence electrons. The highest BCUT2D eigenvalue weighted by atomic mass is 16.2.